The van der Waals surface area contributed by atoms with Crippen LogP contribution in [-0.2, 0) is 4.79 Å². The van der Waals surface area contributed by atoms with Crippen molar-refractivity contribution in [3.05, 3.63) is 74.7 Å². The van der Waals surface area contributed by atoms with Crippen LogP contribution in [0.5, 0.6) is 5.75 Å². The number of hydrazine groups is 1. The lowest BCUT2D eigenvalue weighted by Crippen LogP contribution is -2.35. The van der Waals surface area contributed by atoms with Crippen molar-refractivity contribution in [3.8, 4) is 5.75 Å². The number of hydrogen-bond donors (Lipinski definition) is 3. The molecular weight excluding hydrogens is 474 g/mol. The number of carbonyl (C=O) groups excluding carboxylic acids is 1. The number of carbonyl (C=O) groups is 1. The molecule has 3 unspecified atom stereocenters. The van der Waals surface area contributed by atoms with Crippen LogP contribution in [-0.4, -0.2) is 22.5 Å². The van der Waals surface area contributed by atoms with E-state index in [0.29, 0.717) is 8.95 Å². The summed E-state index contributed by atoms with van der Waals surface area (Å²) in [5, 5.41) is 12.3. The lowest BCUT2D eigenvalue weighted by atomic mass is 10.0. The summed E-state index contributed by atoms with van der Waals surface area (Å²) < 4.78 is 1.22. The number of phenols is 1. The van der Waals surface area contributed by atoms with Crippen LogP contribution in [0.2, 0.25) is 0 Å². The number of amides is 1. The van der Waals surface area contributed by atoms with Crippen LogP contribution in [0, 0.1) is 0 Å². The maximum absolute atomic E-state index is 11.9. The van der Waals surface area contributed by atoms with Gasteiger partial charge in [-0.3, -0.25) is 15.1 Å². The van der Waals surface area contributed by atoms with Crippen LogP contribution in [0.15, 0.2) is 63.5 Å². The highest BCUT2D eigenvalue weighted by Crippen LogP contribution is 2.55. The average Bonchev–Trinajstić information content (AvgIpc) is 3.38. The predicted octanol–water partition coefficient (Wildman–Crippen LogP) is 4.16. The molecule has 1 heterocycles. The van der Waals surface area contributed by atoms with E-state index in [-0.39, 0.29) is 30.3 Å². The van der Waals surface area contributed by atoms with Gasteiger partial charge in [0.25, 0.3) is 0 Å². The van der Waals surface area contributed by atoms with Crippen LogP contribution < -0.4 is 11.3 Å². The van der Waals surface area contributed by atoms with E-state index >= 15 is 0 Å². The van der Waals surface area contributed by atoms with Crippen molar-refractivity contribution < 1.29 is 9.90 Å². The third-order valence-electron chi connectivity index (χ3n) is 4.91. The number of nitrogens with two attached hydrogens (primary N) is 1. The Kier molecular flexibility index (Phi) is 4.94. The first-order valence-electron chi connectivity index (χ1n) is 8.41. The fourth-order valence-electron chi connectivity index (χ4n) is 3.58. The molecule has 0 radical (unpaired) electrons. The van der Waals surface area contributed by atoms with Gasteiger partial charge in [0.15, 0.2) is 0 Å². The zero-order valence-electron chi connectivity index (χ0n) is 14.2. The van der Waals surface area contributed by atoms with E-state index in [0.717, 1.165) is 16.5 Å². The van der Waals surface area contributed by atoms with Crippen molar-refractivity contribution in [3.63, 3.8) is 0 Å². The topological polar surface area (TPSA) is 78.4 Å². The van der Waals surface area contributed by atoms with E-state index in [4.69, 9.17) is 5.84 Å². The van der Waals surface area contributed by atoms with Crippen molar-refractivity contribution in [1.29, 1.82) is 0 Å². The Balaban J connectivity index is 1.73. The maximum atomic E-state index is 11.9. The molecule has 138 valence electrons. The molecule has 3 aromatic rings. The summed E-state index contributed by atoms with van der Waals surface area (Å²) in [5.74, 6) is 5.21. The highest BCUT2D eigenvalue weighted by molar-refractivity contribution is 9.11. The molecule has 0 aromatic heterocycles. The van der Waals surface area contributed by atoms with E-state index in [2.05, 4.69) is 72.5 Å². The normalized spacial score (nSPS) is 21.2. The molecule has 1 fully saturated rings. The van der Waals surface area contributed by atoms with Gasteiger partial charge in [0.1, 0.15) is 5.75 Å². The summed E-state index contributed by atoms with van der Waals surface area (Å²) in [4.78, 5) is 14.0. The minimum Gasteiger partial charge on any atom is -0.506 e. The molecule has 0 saturated carbocycles. The van der Waals surface area contributed by atoms with Crippen LogP contribution >= 0.6 is 31.9 Å². The predicted molar refractivity (Wildman–Crippen MR) is 112 cm³/mol. The van der Waals surface area contributed by atoms with Crippen LogP contribution in [0.25, 0.3) is 10.8 Å². The largest absolute Gasteiger partial charge is 0.506 e. The van der Waals surface area contributed by atoms with Crippen molar-refractivity contribution in [2.45, 2.75) is 12.1 Å². The Hall–Kier alpha value is -1.93. The molecule has 5 nitrogen and oxygen atoms in total. The van der Waals surface area contributed by atoms with Crippen LogP contribution in [0.3, 0.4) is 0 Å². The number of hydrogen-bond acceptors (Lipinski definition) is 4. The minimum atomic E-state index is -0.236. The number of phenolic OH excluding ortho intramolecular Hbond substituents is 1. The van der Waals surface area contributed by atoms with Crippen molar-refractivity contribution in [2.24, 2.45) is 5.84 Å². The third-order valence-corrected chi connectivity index (χ3v) is 6.12. The third kappa shape index (κ3) is 3.48. The number of nitrogens with one attached hydrogen (secondary N) is 1. The number of aromatic hydroxyl groups is 1. The molecule has 7 heteroatoms. The molecule has 1 aliphatic rings. The van der Waals surface area contributed by atoms with E-state index in [1.54, 1.807) is 0 Å². The maximum Gasteiger partial charge on any atom is 0.248 e. The summed E-state index contributed by atoms with van der Waals surface area (Å²) in [6.07, 6.45) is 0. The molecule has 4 N–H and O–H groups in total. The summed E-state index contributed by atoms with van der Waals surface area (Å²) in [6.45, 7) is 0.203. The van der Waals surface area contributed by atoms with Crippen molar-refractivity contribution in [1.82, 2.24) is 10.3 Å². The van der Waals surface area contributed by atoms with Gasteiger partial charge in [0.2, 0.25) is 5.91 Å². The summed E-state index contributed by atoms with van der Waals surface area (Å²) in [6, 6.07) is 18.4. The van der Waals surface area contributed by atoms with Crippen LogP contribution in [0.4, 0.5) is 0 Å². The van der Waals surface area contributed by atoms with Crippen molar-refractivity contribution >= 4 is 48.5 Å². The second-order valence-corrected chi connectivity index (χ2v) is 8.28. The second-order valence-electron chi connectivity index (χ2n) is 6.57. The number of nitrogens with zero attached hydrogens (tertiary/aromatic N) is 1. The lowest BCUT2D eigenvalue weighted by Gasteiger charge is -2.06. The zero-order chi connectivity index (χ0) is 19.1. The fraction of sp³-hybridized carbons (Fsp3) is 0.150. The molecule has 4 rings (SSSR count). The van der Waals surface area contributed by atoms with Gasteiger partial charge < -0.3 is 5.11 Å². The number of halogens is 2. The fourth-order valence-corrected chi connectivity index (χ4v) is 4.80. The first-order chi connectivity index (χ1) is 13.0. The van der Waals surface area contributed by atoms with E-state index in [1.165, 1.54) is 5.39 Å². The summed E-state index contributed by atoms with van der Waals surface area (Å²) in [5.41, 5.74) is 4.35. The summed E-state index contributed by atoms with van der Waals surface area (Å²) >= 11 is 6.78. The van der Waals surface area contributed by atoms with E-state index in [1.807, 2.05) is 24.3 Å². The Morgan fingerprint density at radius 1 is 1.00 bits per heavy atom. The monoisotopic (exact) mass is 489 g/mol. The van der Waals surface area contributed by atoms with Gasteiger partial charge in [0, 0.05) is 0 Å². The summed E-state index contributed by atoms with van der Waals surface area (Å²) in [7, 11) is 0. The molecule has 3 atom stereocenters. The molecular formula is C20H17Br2N3O2. The zero-order valence-corrected chi connectivity index (χ0v) is 17.4. The first kappa shape index (κ1) is 18.4. The average molecular weight is 491 g/mol. The van der Waals surface area contributed by atoms with Gasteiger partial charge in [-0.25, -0.2) is 5.84 Å². The quantitative estimate of drug-likeness (QED) is 0.222. The number of fused-ring (bicyclic) bond motifs is 1. The minimum absolute atomic E-state index is 0.0247. The molecule has 1 saturated heterocycles. The van der Waals surface area contributed by atoms with E-state index in [9.17, 15) is 9.90 Å². The standard InChI is InChI=1S/C20H17Br2N3O2/c21-15-8-14(9-16(22)20(15)27)19-18(25(19)10-17(26)24-23)13-6-5-11-3-1-2-4-12(11)7-13/h1-9,18-19,27H,10,23H2,(H,24,26). The molecule has 3 aromatic carbocycles. The van der Waals surface area contributed by atoms with Crippen LogP contribution in [0.1, 0.15) is 23.2 Å². The van der Waals surface area contributed by atoms with Gasteiger partial charge in [-0.15, -0.1) is 0 Å². The number of benzene rings is 3. The van der Waals surface area contributed by atoms with Crippen molar-refractivity contribution in [2.75, 3.05) is 6.54 Å². The Morgan fingerprint density at radius 3 is 2.30 bits per heavy atom. The molecule has 1 aliphatic heterocycles. The second kappa shape index (κ2) is 7.24. The smallest absolute Gasteiger partial charge is 0.248 e. The molecule has 27 heavy (non-hydrogen) atoms. The molecule has 0 bridgehead atoms. The van der Waals surface area contributed by atoms with E-state index < -0.39 is 0 Å². The van der Waals surface area contributed by atoms with Gasteiger partial charge in [-0.05, 0) is 72.0 Å². The first-order valence-corrected chi connectivity index (χ1v) is 10.00. The molecule has 0 aliphatic carbocycles. The van der Waals surface area contributed by atoms with Gasteiger partial charge in [-0.2, -0.15) is 0 Å². The molecule has 1 amide bonds. The number of rotatable bonds is 4. The SMILES string of the molecule is NNC(=O)CN1C(c2cc(Br)c(O)c(Br)c2)C1c1ccc2ccccc2c1. The van der Waals surface area contributed by atoms with Gasteiger partial charge in [-0.1, -0.05) is 36.4 Å². The Morgan fingerprint density at radius 2 is 1.63 bits per heavy atom. The van der Waals surface area contributed by atoms with Gasteiger partial charge >= 0.3 is 0 Å². The highest BCUT2D eigenvalue weighted by atomic mass is 79.9. The lowest BCUT2D eigenvalue weighted by molar-refractivity contribution is -0.121. The molecule has 0 spiro atoms. The Bertz CT molecular complexity index is 1020. The van der Waals surface area contributed by atoms with Gasteiger partial charge in [0.05, 0.1) is 27.6 Å². The Labute approximate surface area is 173 Å². The highest BCUT2D eigenvalue weighted by Gasteiger charge is 2.50.